The number of piperidine rings is 2. The third-order valence-electron chi connectivity index (χ3n) is 7.34. The van der Waals surface area contributed by atoms with Crippen LogP contribution in [0.1, 0.15) is 31.2 Å². The minimum atomic E-state index is -0.441. The van der Waals surface area contributed by atoms with Crippen LogP contribution in [0.2, 0.25) is 0 Å². The van der Waals surface area contributed by atoms with Crippen LogP contribution in [0.4, 0.5) is 5.82 Å². The van der Waals surface area contributed by atoms with E-state index < -0.39 is 5.79 Å². The largest absolute Gasteiger partial charge is 0.355 e. The molecule has 1 amide bonds. The van der Waals surface area contributed by atoms with Crippen molar-refractivity contribution in [1.29, 1.82) is 0 Å². The van der Waals surface area contributed by atoms with Crippen LogP contribution >= 0.6 is 0 Å². The van der Waals surface area contributed by atoms with E-state index in [0.29, 0.717) is 26.3 Å². The summed E-state index contributed by atoms with van der Waals surface area (Å²) >= 11 is 0. The van der Waals surface area contributed by atoms with Gasteiger partial charge in [0.1, 0.15) is 5.82 Å². The molecule has 0 atom stereocenters. The second-order valence-corrected chi connectivity index (χ2v) is 9.55. The van der Waals surface area contributed by atoms with Crippen LogP contribution in [-0.4, -0.2) is 75.8 Å². The number of carbonyl (C=O) groups is 1. The van der Waals surface area contributed by atoms with Crippen molar-refractivity contribution in [3.63, 3.8) is 0 Å². The van der Waals surface area contributed by atoms with E-state index in [2.05, 4.69) is 34.2 Å². The number of fused-ring (bicyclic) bond motifs is 1. The highest BCUT2D eigenvalue weighted by atomic mass is 16.7. The molecule has 5 heterocycles. The van der Waals surface area contributed by atoms with E-state index in [1.807, 2.05) is 33.7 Å². The lowest BCUT2D eigenvalue weighted by Gasteiger charge is -2.40. The smallest absolute Gasteiger partial charge is 0.225 e. The average molecular weight is 463 g/mol. The molecule has 0 aliphatic carbocycles. The van der Waals surface area contributed by atoms with Crippen molar-refractivity contribution < 1.29 is 14.3 Å². The Labute approximate surface area is 198 Å². The van der Waals surface area contributed by atoms with Gasteiger partial charge in [-0.1, -0.05) is 23.8 Å². The van der Waals surface area contributed by atoms with E-state index in [9.17, 15) is 4.79 Å². The lowest BCUT2D eigenvalue weighted by atomic mass is 9.93. The summed E-state index contributed by atoms with van der Waals surface area (Å²) in [6.45, 7) is 6.43. The van der Waals surface area contributed by atoms with Crippen LogP contribution in [0.15, 0.2) is 36.4 Å². The molecule has 3 fully saturated rings. The maximum atomic E-state index is 13.2. The molecule has 0 bridgehead atoms. The molecule has 3 saturated heterocycles. The van der Waals surface area contributed by atoms with Crippen LogP contribution in [0.5, 0.6) is 0 Å². The van der Waals surface area contributed by atoms with Crippen LogP contribution in [0, 0.1) is 12.8 Å². The van der Waals surface area contributed by atoms with Crippen molar-refractivity contribution in [2.24, 2.45) is 5.92 Å². The van der Waals surface area contributed by atoms with Crippen molar-refractivity contribution >= 4 is 17.4 Å². The minimum absolute atomic E-state index is 0.0669. The van der Waals surface area contributed by atoms with Gasteiger partial charge in [0.2, 0.25) is 5.91 Å². The molecule has 6 rings (SSSR count). The van der Waals surface area contributed by atoms with Gasteiger partial charge in [0.15, 0.2) is 17.3 Å². The first-order valence-corrected chi connectivity index (χ1v) is 12.2. The first-order valence-electron chi connectivity index (χ1n) is 12.2. The topological polar surface area (TPSA) is 85.1 Å². The number of likely N-dealkylation sites (tertiary alicyclic amines) is 1. The van der Waals surface area contributed by atoms with Gasteiger partial charge in [0.25, 0.3) is 0 Å². The monoisotopic (exact) mass is 462 g/mol. The second kappa shape index (κ2) is 8.63. The Bertz CT molecular complexity index is 1190. The van der Waals surface area contributed by atoms with Crippen molar-refractivity contribution in [1.82, 2.24) is 24.7 Å². The zero-order valence-corrected chi connectivity index (χ0v) is 19.5. The maximum absolute atomic E-state index is 13.2. The summed E-state index contributed by atoms with van der Waals surface area (Å²) in [5, 5.41) is 13.5. The number of aryl methyl sites for hydroxylation is 1. The number of aromatic nitrogens is 4. The molecule has 2 aromatic heterocycles. The number of anilines is 1. The van der Waals surface area contributed by atoms with E-state index in [0.717, 1.165) is 61.6 Å². The molecule has 3 aliphatic rings. The summed E-state index contributed by atoms with van der Waals surface area (Å²) in [6, 6.07) is 12.2. The number of hydrogen-bond acceptors (Lipinski definition) is 7. The number of rotatable bonds is 3. The van der Waals surface area contributed by atoms with E-state index in [-0.39, 0.29) is 11.8 Å². The lowest BCUT2D eigenvalue weighted by molar-refractivity contribution is -0.188. The highest BCUT2D eigenvalue weighted by Gasteiger charge is 2.42. The predicted molar refractivity (Wildman–Crippen MR) is 126 cm³/mol. The molecule has 0 unspecified atom stereocenters. The van der Waals surface area contributed by atoms with Crippen molar-refractivity contribution in [3.8, 4) is 11.4 Å². The Hall–Kier alpha value is -3.04. The highest BCUT2D eigenvalue weighted by molar-refractivity contribution is 5.79. The molecule has 3 aromatic rings. The lowest BCUT2D eigenvalue weighted by Crippen LogP contribution is -2.50. The third kappa shape index (κ3) is 3.92. The number of ether oxygens (including phenoxy) is 2. The second-order valence-electron chi connectivity index (χ2n) is 9.55. The molecule has 9 nitrogen and oxygen atoms in total. The summed E-state index contributed by atoms with van der Waals surface area (Å²) in [5.41, 5.74) is 2.89. The minimum Gasteiger partial charge on any atom is -0.355 e. The van der Waals surface area contributed by atoms with E-state index in [1.165, 1.54) is 5.56 Å². The first kappa shape index (κ1) is 21.5. The Morgan fingerprint density at radius 1 is 1.00 bits per heavy atom. The molecule has 1 aromatic carbocycles. The van der Waals surface area contributed by atoms with Crippen LogP contribution < -0.4 is 4.90 Å². The molecule has 3 aliphatic heterocycles. The first-order chi connectivity index (χ1) is 16.6. The number of benzene rings is 1. The molecule has 9 heteroatoms. The van der Waals surface area contributed by atoms with Crippen LogP contribution in [0.3, 0.4) is 0 Å². The zero-order chi connectivity index (χ0) is 23.1. The molecular weight excluding hydrogens is 432 g/mol. The molecule has 0 radical (unpaired) electrons. The van der Waals surface area contributed by atoms with Crippen molar-refractivity contribution in [2.45, 2.75) is 38.4 Å². The van der Waals surface area contributed by atoms with Gasteiger partial charge in [-0.25, -0.2) is 0 Å². The summed E-state index contributed by atoms with van der Waals surface area (Å²) in [4.78, 5) is 17.4. The van der Waals surface area contributed by atoms with Gasteiger partial charge in [0, 0.05) is 50.5 Å². The fourth-order valence-electron chi connectivity index (χ4n) is 5.38. The van der Waals surface area contributed by atoms with Gasteiger partial charge in [-0.15, -0.1) is 15.3 Å². The van der Waals surface area contributed by atoms with Crippen LogP contribution in [0.25, 0.3) is 17.0 Å². The normalized spacial score (nSPS) is 21.0. The number of carbonyl (C=O) groups excluding carboxylic acids is 1. The Kier molecular flexibility index (Phi) is 5.45. The molecule has 1 spiro atoms. The fraction of sp³-hybridized carbons (Fsp3) is 0.520. The number of nitrogens with zero attached hydrogens (tertiary/aromatic N) is 6. The molecule has 34 heavy (non-hydrogen) atoms. The zero-order valence-electron chi connectivity index (χ0n) is 19.5. The Balaban J connectivity index is 1.12. The van der Waals surface area contributed by atoms with Gasteiger partial charge in [0.05, 0.1) is 13.2 Å². The molecular formula is C25H30N6O3. The SMILES string of the molecule is Cc1cccc(-c2nnc3ccc(N4CCC(C(=O)N5CCC6(CC5)OCCO6)CC4)nn23)c1. The summed E-state index contributed by atoms with van der Waals surface area (Å²) < 4.78 is 13.4. The summed E-state index contributed by atoms with van der Waals surface area (Å²) in [7, 11) is 0. The summed E-state index contributed by atoms with van der Waals surface area (Å²) in [5.74, 6) is 1.53. The van der Waals surface area contributed by atoms with Gasteiger partial charge in [-0.05, 0) is 38.0 Å². The fourth-order valence-corrected chi connectivity index (χ4v) is 5.38. The van der Waals surface area contributed by atoms with Gasteiger partial charge in [-0.2, -0.15) is 4.52 Å². The number of amides is 1. The average Bonchev–Trinajstić information content (AvgIpc) is 3.51. The van der Waals surface area contributed by atoms with Crippen molar-refractivity contribution in [2.75, 3.05) is 44.3 Å². The van der Waals surface area contributed by atoms with Gasteiger partial charge >= 0.3 is 0 Å². The number of hydrogen-bond donors (Lipinski definition) is 0. The van der Waals surface area contributed by atoms with E-state index in [4.69, 9.17) is 14.6 Å². The van der Waals surface area contributed by atoms with Gasteiger partial charge in [-0.3, -0.25) is 4.79 Å². The van der Waals surface area contributed by atoms with E-state index in [1.54, 1.807) is 0 Å². The van der Waals surface area contributed by atoms with Gasteiger partial charge < -0.3 is 19.3 Å². The summed E-state index contributed by atoms with van der Waals surface area (Å²) in [6.07, 6.45) is 3.20. The maximum Gasteiger partial charge on any atom is 0.225 e. The van der Waals surface area contributed by atoms with Crippen LogP contribution in [-0.2, 0) is 14.3 Å². The molecule has 0 saturated carbocycles. The standard InChI is InChI=1S/C25H30N6O3/c1-18-3-2-4-20(17-18)23-27-26-21-5-6-22(28-31(21)23)29-11-7-19(8-12-29)24(32)30-13-9-25(10-14-30)33-15-16-34-25/h2-6,17,19H,7-16H2,1H3. The third-order valence-corrected chi connectivity index (χ3v) is 7.34. The van der Waals surface area contributed by atoms with Crippen molar-refractivity contribution in [3.05, 3.63) is 42.0 Å². The Morgan fingerprint density at radius 3 is 2.50 bits per heavy atom. The molecule has 0 N–H and O–H groups in total. The predicted octanol–water partition coefficient (Wildman–Crippen LogP) is 2.68. The highest BCUT2D eigenvalue weighted by Crippen LogP contribution is 2.33. The quantitative estimate of drug-likeness (QED) is 0.592. The molecule has 178 valence electrons. The van der Waals surface area contributed by atoms with E-state index >= 15 is 0 Å². The Morgan fingerprint density at radius 2 is 1.76 bits per heavy atom.